The molecule has 1 aromatic rings. The van der Waals surface area contributed by atoms with E-state index >= 15 is 0 Å². The Morgan fingerprint density at radius 1 is 1.58 bits per heavy atom. The first kappa shape index (κ1) is 9.45. The molecular formula is C8H9ClFNO. The van der Waals surface area contributed by atoms with Crippen LogP contribution >= 0.6 is 11.6 Å². The second kappa shape index (κ2) is 3.85. The molecule has 1 unspecified atom stereocenters. The minimum atomic E-state index is -0.822. The Bertz CT molecular complexity index is 280. The van der Waals surface area contributed by atoms with Crippen molar-refractivity contribution in [3.8, 4) is 0 Å². The molecule has 0 aliphatic rings. The molecule has 0 saturated heterocycles. The molecule has 1 atom stereocenters. The molecule has 3 N–H and O–H groups in total. The third kappa shape index (κ3) is 1.94. The monoisotopic (exact) mass is 189 g/mol. The Hall–Kier alpha value is -0.640. The van der Waals surface area contributed by atoms with Gasteiger partial charge in [0.05, 0.1) is 11.1 Å². The highest BCUT2D eigenvalue weighted by Crippen LogP contribution is 2.19. The lowest BCUT2D eigenvalue weighted by Crippen LogP contribution is -2.11. The highest BCUT2D eigenvalue weighted by Gasteiger charge is 2.07. The summed E-state index contributed by atoms with van der Waals surface area (Å²) >= 11 is 5.44. The summed E-state index contributed by atoms with van der Waals surface area (Å²) in [5, 5.41) is 9.25. The van der Waals surface area contributed by atoms with Gasteiger partial charge in [0, 0.05) is 6.54 Å². The van der Waals surface area contributed by atoms with Crippen LogP contribution < -0.4 is 5.73 Å². The fourth-order valence-corrected chi connectivity index (χ4v) is 0.973. The van der Waals surface area contributed by atoms with E-state index in [1.165, 1.54) is 12.1 Å². The van der Waals surface area contributed by atoms with Gasteiger partial charge in [0.15, 0.2) is 0 Å². The molecule has 1 rings (SSSR count). The van der Waals surface area contributed by atoms with Gasteiger partial charge in [-0.2, -0.15) is 0 Å². The highest BCUT2D eigenvalue weighted by atomic mass is 35.5. The van der Waals surface area contributed by atoms with Gasteiger partial charge in [-0.05, 0) is 17.7 Å². The predicted octanol–water partition coefficient (Wildman–Crippen LogP) is 1.47. The summed E-state index contributed by atoms with van der Waals surface area (Å²) in [6, 6.07) is 4.12. The molecule has 0 spiro atoms. The average molecular weight is 190 g/mol. The zero-order valence-electron chi connectivity index (χ0n) is 6.30. The van der Waals surface area contributed by atoms with E-state index in [1.807, 2.05) is 0 Å². The Labute approximate surface area is 74.8 Å². The molecule has 12 heavy (non-hydrogen) atoms. The van der Waals surface area contributed by atoms with Crippen molar-refractivity contribution in [1.82, 2.24) is 0 Å². The number of hydrogen-bond acceptors (Lipinski definition) is 2. The molecular weight excluding hydrogens is 181 g/mol. The minimum absolute atomic E-state index is 0.0444. The van der Waals surface area contributed by atoms with Gasteiger partial charge in [-0.25, -0.2) is 4.39 Å². The number of halogens is 2. The molecule has 0 bridgehead atoms. The van der Waals surface area contributed by atoms with Crippen LogP contribution in [-0.2, 0) is 0 Å². The van der Waals surface area contributed by atoms with Crippen LogP contribution in [0, 0.1) is 5.82 Å². The Morgan fingerprint density at radius 3 is 2.75 bits per heavy atom. The average Bonchev–Trinajstić information content (AvgIpc) is 2.08. The summed E-state index contributed by atoms with van der Waals surface area (Å²) in [5.74, 6) is -0.540. The normalized spacial score (nSPS) is 13.0. The van der Waals surface area contributed by atoms with Gasteiger partial charge in [0.2, 0.25) is 0 Å². The summed E-state index contributed by atoms with van der Waals surface area (Å²) in [7, 11) is 0. The van der Waals surface area contributed by atoms with Gasteiger partial charge in [-0.1, -0.05) is 17.7 Å². The molecule has 2 nitrogen and oxygen atoms in total. The summed E-state index contributed by atoms with van der Waals surface area (Å²) in [6.07, 6.45) is -0.822. The Kier molecular flexibility index (Phi) is 3.03. The second-order valence-corrected chi connectivity index (χ2v) is 2.83. The van der Waals surface area contributed by atoms with Crippen molar-refractivity contribution in [3.05, 3.63) is 34.6 Å². The van der Waals surface area contributed by atoms with Gasteiger partial charge >= 0.3 is 0 Å². The molecule has 0 aliphatic carbocycles. The maximum absolute atomic E-state index is 12.8. The molecule has 66 valence electrons. The van der Waals surface area contributed by atoms with Crippen molar-refractivity contribution in [2.45, 2.75) is 6.10 Å². The van der Waals surface area contributed by atoms with Gasteiger partial charge in [-0.3, -0.25) is 0 Å². The van der Waals surface area contributed by atoms with E-state index in [0.717, 1.165) is 0 Å². The zero-order chi connectivity index (χ0) is 9.14. The number of benzene rings is 1. The van der Waals surface area contributed by atoms with Crippen molar-refractivity contribution in [3.63, 3.8) is 0 Å². The first-order valence-electron chi connectivity index (χ1n) is 3.48. The van der Waals surface area contributed by atoms with Crippen LogP contribution in [0.2, 0.25) is 5.02 Å². The van der Waals surface area contributed by atoms with Crippen LogP contribution in [0.25, 0.3) is 0 Å². The largest absolute Gasteiger partial charge is 0.387 e. The maximum atomic E-state index is 12.8. The van der Waals surface area contributed by atoms with Crippen molar-refractivity contribution < 1.29 is 9.50 Å². The molecule has 0 saturated carbocycles. The predicted molar refractivity (Wildman–Crippen MR) is 45.4 cm³/mol. The summed E-state index contributed by atoms with van der Waals surface area (Å²) in [4.78, 5) is 0. The summed E-state index contributed by atoms with van der Waals surface area (Å²) in [6.45, 7) is 0.0705. The molecule has 0 amide bonds. The molecule has 0 radical (unpaired) electrons. The zero-order valence-corrected chi connectivity index (χ0v) is 7.05. The fourth-order valence-electron chi connectivity index (χ4n) is 0.856. The first-order valence-corrected chi connectivity index (χ1v) is 3.86. The van der Waals surface area contributed by atoms with Crippen molar-refractivity contribution in [2.75, 3.05) is 6.54 Å². The van der Waals surface area contributed by atoms with E-state index < -0.39 is 11.9 Å². The van der Waals surface area contributed by atoms with E-state index in [9.17, 15) is 9.50 Å². The SMILES string of the molecule is NCC(O)c1ccc(Cl)c(F)c1. The summed E-state index contributed by atoms with van der Waals surface area (Å²) in [5.41, 5.74) is 5.63. The lowest BCUT2D eigenvalue weighted by molar-refractivity contribution is 0.186. The highest BCUT2D eigenvalue weighted by molar-refractivity contribution is 6.30. The minimum Gasteiger partial charge on any atom is -0.387 e. The van der Waals surface area contributed by atoms with E-state index in [4.69, 9.17) is 17.3 Å². The Balaban J connectivity index is 2.96. The van der Waals surface area contributed by atoms with Crippen molar-refractivity contribution in [2.24, 2.45) is 5.73 Å². The lowest BCUT2D eigenvalue weighted by Gasteiger charge is -2.07. The standard InChI is InChI=1S/C8H9ClFNO/c9-6-2-1-5(3-7(6)10)8(12)4-11/h1-3,8,12H,4,11H2. The fraction of sp³-hybridized carbons (Fsp3) is 0.250. The van der Waals surface area contributed by atoms with Gasteiger partial charge < -0.3 is 10.8 Å². The van der Waals surface area contributed by atoms with Crippen molar-refractivity contribution in [1.29, 1.82) is 0 Å². The quantitative estimate of drug-likeness (QED) is 0.740. The number of aliphatic hydroxyl groups excluding tert-OH is 1. The topological polar surface area (TPSA) is 46.2 Å². The maximum Gasteiger partial charge on any atom is 0.142 e. The second-order valence-electron chi connectivity index (χ2n) is 2.43. The van der Waals surface area contributed by atoms with Gasteiger partial charge in [0.1, 0.15) is 5.82 Å². The van der Waals surface area contributed by atoms with Crippen LogP contribution in [-0.4, -0.2) is 11.7 Å². The number of nitrogens with two attached hydrogens (primary N) is 1. The van der Waals surface area contributed by atoms with Crippen LogP contribution in [0.4, 0.5) is 4.39 Å². The smallest absolute Gasteiger partial charge is 0.142 e. The van der Waals surface area contributed by atoms with Crippen LogP contribution in [0.3, 0.4) is 0 Å². The van der Waals surface area contributed by atoms with Crippen LogP contribution in [0.1, 0.15) is 11.7 Å². The third-order valence-electron chi connectivity index (χ3n) is 1.55. The van der Waals surface area contributed by atoms with Gasteiger partial charge in [0.25, 0.3) is 0 Å². The molecule has 0 aliphatic heterocycles. The van der Waals surface area contributed by atoms with Crippen LogP contribution in [0.15, 0.2) is 18.2 Å². The van der Waals surface area contributed by atoms with E-state index in [1.54, 1.807) is 6.07 Å². The summed E-state index contributed by atoms with van der Waals surface area (Å²) < 4.78 is 12.8. The lowest BCUT2D eigenvalue weighted by atomic mass is 10.1. The first-order chi connectivity index (χ1) is 5.65. The Morgan fingerprint density at radius 2 is 2.25 bits per heavy atom. The third-order valence-corrected chi connectivity index (χ3v) is 1.86. The molecule has 0 heterocycles. The molecule has 1 aromatic carbocycles. The number of rotatable bonds is 2. The van der Waals surface area contributed by atoms with Gasteiger partial charge in [-0.15, -0.1) is 0 Å². The van der Waals surface area contributed by atoms with E-state index in [0.29, 0.717) is 5.56 Å². The number of hydrogen-bond donors (Lipinski definition) is 2. The molecule has 4 heteroatoms. The molecule has 0 fully saturated rings. The van der Waals surface area contributed by atoms with E-state index in [2.05, 4.69) is 0 Å². The van der Waals surface area contributed by atoms with E-state index in [-0.39, 0.29) is 11.6 Å². The van der Waals surface area contributed by atoms with Crippen molar-refractivity contribution >= 4 is 11.6 Å². The van der Waals surface area contributed by atoms with Crippen LogP contribution in [0.5, 0.6) is 0 Å². The number of aliphatic hydroxyl groups is 1. The molecule has 0 aromatic heterocycles.